The van der Waals surface area contributed by atoms with Crippen molar-refractivity contribution in [2.24, 2.45) is 5.92 Å². The van der Waals surface area contributed by atoms with Gasteiger partial charge in [0.1, 0.15) is 6.04 Å². The van der Waals surface area contributed by atoms with Crippen molar-refractivity contribution in [1.29, 1.82) is 0 Å². The van der Waals surface area contributed by atoms with Crippen LogP contribution in [-0.2, 0) is 9.53 Å². The minimum absolute atomic E-state index is 0.0650. The normalized spacial score (nSPS) is 12.3. The summed E-state index contributed by atoms with van der Waals surface area (Å²) in [7, 11) is 1.29. The third-order valence-corrected chi connectivity index (χ3v) is 2.63. The largest absolute Gasteiger partial charge is 0.467 e. The summed E-state index contributed by atoms with van der Waals surface area (Å²) in [5.41, 5.74) is 0. The van der Waals surface area contributed by atoms with Gasteiger partial charge in [0.05, 0.1) is 7.11 Å². The number of hydrogen-bond donors (Lipinski definition) is 1. The molecule has 17 heavy (non-hydrogen) atoms. The van der Waals surface area contributed by atoms with E-state index in [1.807, 2.05) is 13.8 Å². The molecule has 0 unspecified atom stereocenters. The fourth-order valence-corrected chi connectivity index (χ4v) is 1.58. The Morgan fingerprint density at radius 1 is 1.41 bits per heavy atom. The molecule has 1 N–H and O–H groups in total. The van der Waals surface area contributed by atoms with Gasteiger partial charge < -0.3 is 14.5 Å². The molecular formula is C11H14BrNO4. The van der Waals surface area contributed by atoms with Gasteiger partial charge in [0.15, 0.2) is 10.4 Å². The molecular weight excluding hydrogens is 290 g/mol. The van der Waals surface area contributed by atoms with Gasteiger partial charge in [0.25, 0.3) is 5.91 Å². The molecule has 1 rings (SSSR count). The first-order chi connectivity index (χ1) is 7.95. The predicted octanol–water partition coefficient (Wildman–Crippen LogP) is 1.97. The molecule has 1 aromatic rings. The minimum atomic E-state index is -0.684. The van der Waals surface area contributed by atoms with Gasteiger partial charge in [-0.15, -0.1) is 0 Å². The Hall–Kier alpha value is -1.30. The van der Waals surface area contributed by atoms with Crippen molar-refractivity contribution in [3.05, 3.63) is 22.6 Å². The van der Waals surface area contributed by atoms with Crippen LogP contribution in [-0.4, -0.2) is 25.0 Å². The number of nitrogens with one attached hydrogen (secondary N) is 1. The fraction of sp³-hybridized carbons (Fsp3) is 0.455. The summed E-state index contributed by atoms with van der Waals surface area (Å²) in [6.45, 7) is 3.64. The highest BCUT2D eigenvalue weighted by molar-refractivity contribution is 9.10. The molecule has 0 saturated carbocycles. The van der Waals surface area contributed by atoms with E-state index in [9.17, 15) is 9.59 Å². The summed E-state index contributed by atoms with van der Waals surface area (Å²) in [4.78, 5) is 23.2. The fourth-order valence-electron chi connectivity index (χ4n) is 1.27. The number of carbonyl (C=O) groups is 2. The summed E-state index contributed by atoms with van der Waals surface area (Å²) in [6.07, 6.45) is 0. The van der Waals surface area contributed by atoms with Gasteiger partial charge in [-0.2, -0.15) is 0 Å². The average Bonchev–Trinajstić information content (AvgIpc) is 2.71. The molecule has 0 saturated heterocycles. The lowest BCUT2D eigenvalue weighted by Gasteiger charge is -2.18. The number of carbonyl (C=O) groups excluding carboxylic acids is 2. The van der Waals surface area contributed by atoms with E-state index in [0.717, 1.165) is 0 Å². The van der Waals surface area contributed by atoms with Gasteiger partial charge in [-0.1, -0.05) is 13.8 Å². The van der Waals surface area contributed by atoms with Crippen LogP contribution in [0.1, 0.15) is 24.4 Å². The molecule has 1 aromatic heterocycles. The molecule has 0 fully saturated rings. The lowest BCUT2D eigenvalue weighted by atomic mass is 10.0. The molecule has 1 atom stereocenters. The lowest BCUT2D eigenvalue weighted by Crippen LogP contribution is -2.44. The molecule has 6 heteroatoms. The number of esters is 1. The zero-order chi connectivity index (χ0) is 13.0. The van der Waals surface area contributed by atoms with Crippen molar-refractivity contribution in [3.8, 4) is 0 Å². The summed E-state index contributed by atoms with van der Waals surface area (Å²) < 4.78 is 10.2. The zero-order valence-corrected chi connectivity index (χ0v) is 11.4. The van der Waals surface area contributed by atoms with Crippen LogP contribution < -0.4 is 5.32 Å². The molecule has 0 bridgehead atoms. The smallest absolute Gasteiger partial charge is 0.328 e. The second kappa shape index (κ2) is 5.86. The van der Waals surface area contributed by atoms with Crippen molar-refractivity contribution in [3.63, 3.8) is 0 Å². The van der Waals surface area contributed by atoms with Crippen molar-refractivity contribution in [1.82, 2.24) is 5.32 Å². The van der Waals surface area contributed by atoms with Crippen LogP contribution in [0.2, 0.25) is 0 Å². The first-order valence-electron chi connectivity index (χ1n) is 5.09. The maximum atomic E-state index is 11.8. The Morgan fingerprint density at radius 2 is 2.06 bits per heavy atom. The van der Waals surface area contributed by atoms with E-state index in [1.54, 1.807) is 6.07 Å². The van der Waals surface area contributed by atoms with Crippen LogP contribution in [0.4, 0.5) is 0 Å². The van der Waals surface area contributed by atoms with Gasteiger partial charge in [-0.3, -0.25) is 4.79 Å². The molecule has 0 radical (unpaired) electrons. The highest BCUT2D eigenvalue weighted by Crippen LogP contribution is 2.14. The maximum absolute atomic E-state index is 11.8. The molecule has 0 aliphatic carbocycles. The number of methoxy groups -OCH3 is 1. The second-order valence-corrected chi connectivity index (χ2v) is 4.60. The zero-order valence-electron chi connectivity index (χ0n) is 9.82. The van der Waals surface area contributed by atoms with Gasteiger partial charge in [-0.25, -0.2) is 4.79 Å². The molecule has 0 spiro atoms. The highest BCUT2D eigenvalue weighted by Gasteiger charge is 2.26. The summed E-state index contributed by atoms with van der Waals surface area (Å²) in [5, 5.41) is 2.57. The number of halogens is 1. The molecule has 94 valence electrons. The standard InChI is InChI=1S/C11H14BrNO4/c1-6(2)9(11(15)16-3)13-10(14)7-4-5-8(12)17-7/h4-6,9H,1-3H3,(H,13,14)/t9-/m0/s1. The topological polar surface area (TPSA) is 68.5 Å². The number of furan rings is 1. The van der Waals surface area contributed by atoms with Crippen LogP contribution >= 0.6 is 15.9 Å². The number of ether oxygens (including phenoxy) is 1. The van der Waals surface area contributed by atoms with Gasteiger partial charge >= 0.3 is 5.97 Å². The number of amides is 1. The Morgan fingerprint density at radius 3 is 2.47 bits per heavy atom. The van der Waals surface area contributed by atoms with E-state index in [-0.39, 0.29) is 11.7 Å². The third kappa shape index (κ3) is 3.59. The van der Waals surface area contributed by atoms with Crippen LogP contribution in [0.15, 0.2) is 21.2 Å². The summed E-state index contributed by atoms with van der Waals surface area (Å²) in [5.74, 6) is -0.838. The monoisotopic (exact) mass is 303 g/mol. The van der Waals surface area contributed by atoms with Gasteiger partial charge in [0.2, 0.25) is 0 Å². The minimum Gasteiger partial charge on any atom is -0.467 e. The van der Waals surface area contributed by atoms with E-state index in [2.05, 4.69) is 26.0 Å². The quantitative estimate of drug-likeness (QED) is 0.864. The first-order valence-corrected chi connectivity index (χ1v) is 5.89. The Bertz CT molecular complexity index is 413. The molecule has 0 aliphatic heterocycles. The van der Waals surface area contributed by atoms with Crippen molar-refractivity contribution in [2.45, 2.75) is 19.9 Å². The number of hydrogen-bond acceptors (Lipinski definition) is 4. The van der Waals surface area contributed by atoms with Crippen LogP contribution in [0.25, 0.3) is 0 Å². The number of rotatable bonds is 4. The third-order valence-electron chi connectivity index (χ3n) is 2.21. The van der Waals surface area contributed by atoms with Crippen molar-refractivity contribution in [2.75, 3.05) is 7.11 Å². The molecule has 1 heterocycles. The van der Waals surface area contributed by atoms with Crippen LogP contribution in [0, 0.1) is 5.92 Å². The highest BCUT2D eigenvalue weighted by atomic mass is 79.9. The van der Waals surface area contributed by atoms with Crippen LogP contribution in [0.5, 0.6) is 0 Å². The Balaban J connectivity index is 2.74. The first kappa shape index (κ1) is 13.8. The van der Waals surface area contributed by atoms with Gasteiger partial charge in [0, 0.05) is 0 Å². The van der Waals surface area contributed by atoms with E-state index < -0.39 is 17.9 Å². The van der Waals surface area contributed by atoms with E-state index in [1.165, 1.54) is 13.2 Å². The Kier molecular flexibility index (Phi) is 4.74. The second-order valence-electron chi connectivity index (χ2n) is 3.82. The molecule has 1 amide bonds. The summed E-state index contributed by atoms with van der Waals surface area (Å²) >= 11 is 3.10. The van der Waals surface area contributed by atoms with E-state index in [4.69, 9.17) is 4.42 Å². The molecule has 0 aliphatic rings. The lowest BCUT2D eigenvalue weighted by molar-refractivity contribution is -0.144. The van der Waals surface area contributed by atoms with E-state index in [0.29, 0.717) is 4.67 Å². The SMILES string of the molecule is COC(=O)[C@@H](NC(=O)c1ccc(Br)o1)C(C)C. The van der Waals surface area contributed by atoms with E-state index >= 15 is 0 Å². The predicted molar refractivity (Wildman–Crippen MR) is 64.5 cm³/mol. The molecule has 0 aromatic carbocycles. The van der Waals surface area contributed by atoms with Crippen molar-refractivity contribution < 1.29 is 18.7 Å². The summed E-state index contributed by atoms with van der Waals surface area (Å²) in [6, 6.07) is 2.45. The Labute approximate surface area is 108 Å². The van der Waals surface area contributed by atoms with Crippen LogP contribution in [0.3, 0.4) is 0 Å². The average molecular weight is 304 g/mol. The molecule has 5 nitrogen and oxygen atoms in total. The van der Waals surface area contributed by atoms with Crippen molar-refractivity contribution >= 4 is 27.8 Å². The van der Waals surface area contributed by atoms with Gasteiger partial charge in [-0.05, 0) is 34.0 Å². The maximum Gasteiger partial charge on any atom is 0.328 e.